The number of hydrogen-bond acceptors (Lipinski definition) is 8. The molecule has 7 aromatic carbocycles. The van der Waals surface area contributed by atoms with Crippen molar-refractivity contribution in [1.82, 2.24) is 24.9 Å². The van der Waals surface area contributed by atoms with E-state index in [1.54, 1.807) is 11.3 Å². The molecule has 0 unspecified atom stereocenters. The summed E-state index contributed by atoms with van der Waals surface area (Å²) in [4.78, 5) is 25.7. The lowest BCUT2D eigenvalue weighted by atomic mass is 10.0. The molecule has 7 nitrogen and oxygen atoms in total. The minimum Gasteiger partial charge on any atom is -0.456 e. The number of aromatic nitrogens is 5. The topological polar surface area (TPSA) is 90.7 Å². The highest BCUT2D eigenvalue weighted by atomic mass is 32.1. The van der Waals surface area contributed by atoms with Gasteiger partial charge in [0.1, 0.15) is 22.3 Å². The lowest BCUT2D eigenvalue weighted by molar-refractivity contribution is 0.669. The molecule has 57 heavy (non-hydrogen) atoms. The lowest BCUT2D eigenvalue weighted by Gasteiger charge is -2.09. The third kappa shape index (κ3) is 5.08. The highest BCUT2D eigenvalue weighted by Gasteiger charge is 2.23. The Kier molecular flexibility index (Phi) is 6.96. The van der Waals surface area contributed by atoms with Crippen LogP contribution in [0.25, 0.3) is 121 Å². The van der Waals surface area contributed by atoms with Crippen LogP contribution in [0.3, 0.4) is 0 Å². The van der Waals surface area contributed by atoms with Crippen LogP contribution in [0.1, 0.15) is 0 Å². The van der Waals surface area contributed by atoms with E-state index in [1.807, 2.05) is 103 Å². The molecule has 8 heteroatoms. The van der Waals surface area contributed by atoms with Crippen molar-refractivity contribution >= 4 is 75.5 Å². The van der Waals surface area contributed by atoms with Crippen molar-refractivity contribution in [3.05, 3.63) is 164 Å². The molecule has 0 bridgehead atoms. The number of fused-ring (bicyclic) bond motifs is 9. The normalized spacial score (nSPS) is 11.9. The minimum absolute atomic E-state index is 0.569. The smallest absolute Gasteiger partial charge is 0.164 e. The first-order valence-electron chi connectivity index (χ1n) is 18.7. The Morgan fingerprint density at radius 2 is 1.00 bits per heavy atom. The second-order valence-corrected chi connectivity index (χ2v) is 15.0. The molecular weight excluding hydrogens is 723 g/mol. The monoisotopic (exact) mass is 749 g/mol. The summed E-state index contributed by atoms with van der Waals surface area (Å²) in [6.45, 7) is 0. The molecule has 0 atom stereocenters. The maximum absolute atomic E-state index is 6.85. The van der Waals surface area contributed by atoms with E-state index in [0.717, 1.165) is 97.7 Å². The van der Waals surface area contributed by atoms with Gasteiger partial charge in [-0.05, 0) is 42.5 Å². The first-order chi connectivity index (χ1) is 28.2. The van der Waals surface area contributed by atoms with Crippen LogP contribution in [0.5, 0.6) is 0 Å². The first kappa shape index (κ1) is 31.8. The Morgan fingerprint density at radius 3 is 1.81 bits per heavy atom. The Hall–Kier alpha value is -7.55. The van der Waals surface area contributed by atoms with E-state index in [0.29, 0.717) is 23.3 Å². The Bertz CT molecular complexity index is 3480. The summed E-state index contributed by atoms with van der Waals surface area (Å²) in [6.07, 6.45) is 0. The zero-order chi connectivity index (χ0) is 37.5. The molecule has 5 aromatic heterocycles. The third-order valence-corrected chi connectivity index (χ3v) is 11.7. The van der Waals surface area contributed by atoms with Crippen molar-refractivity contribution in [2.75, 3.05) is 0 Å². The van der Waals surface area contributed by atoms with Crippen molar-refractivity contribution in [3.63, 3.8) is 0 Å². The van der Waals surface area contributed by atoms with Gasteiger partial charge in [-0.1, -0.05) is 121 Å². The van der Waals surface area contributed by atoms with E-state index >= 15 is 0 Å². The second-order valence-electron chi connectivity index (χ2n) is 14.0. The van der Waals surface area contributed by atoms with Crippen LogP contribution >= 0.6 is 11.3 Å². The Labute approximate surface area is 328 Å². The number of hydrogen-bond donors (Lipinski definition) is 0. The summed E-state index contributed by atoms with van der Waals surface area (Å²) >= 11 is 1.70. The van der Waals surface area contributed by atoms with Gasteiger partial charge in [0, 0.05) is 59.4 Å². The number of furan rings is 2. The maximum Gasteiger partial charge on any atom is 0.164 e. The molecule has 0 aliphatic carbocycles. The van der Waals surface area contributed by atoms with Crippen LogP contribution in [-0.4, -0.2) is 24.9 Å². The average Bonchev–Trinajstić information content (AvgIpc) is 3.98. The molecule has 5 heterocycles. The lowest BCUT2D eigenvalue weighted by Crippen LogP contribution is -2.00. The SMILES string of the molecule is c1ccc(-c2nc(-c3ccccc3)nc(-c3cccc4oc5c(-c6nc(-c7ccc8oc9ccccc9c8c7)nc7c6sc6ccccc67)cccc5c34)n2)cc1. The van der Waals surface area contributed by atoms with Gasteiger partial charge in [-0.3, -0.25) is 0 Å². The molecule has 0 amide bonds. The molecule has 0 N–H and O–H groups in total. The number of rotatable bonds is 5. The predicted molar refractivity (Wildman–Crippen MR) is 230 cm³/mol. The molecular formula is C49H27N5O2S. The van der Waals surface area contributed by atoms with Crippen LogP contribution in [0.15, 0.2) is 173 Å². The van der Waals surface area contributed by atoms with Crippen molar-refractivity contribution in [2.45, 2.75) is 0 Å². The number of thiophene rings is 1. The second kappa shape index (κ2) is 12.5. The van der Waals surface area contributed by atoms with E-state index in [9.17, 15) is 0 Å². The van der Waals surface area contributed by atoms with Crippen LogP contribution in [0.4, 0.5) is 0 Å². The van der Waals surface area contributed by atoms with Gasteiger partial charge in [0.2, 0.25) is 0 Å². The van der Waals surface area contributed by atoms with Gasteiger partial charge in [0.25, 0.3) is 0 Å². The molecule has 0 radical (unpaired) electrons. The van der Waals surface area contributed by atoms with Gasteiger partial charge in [-0.2, -0.15) is 0 Å². The largest absolute Gasteiger partial charge is 0.456 e. The van der Waals surface area contributed by atoms with E-state index in [4.69, 9.17) is 33.8 Å². The fourth-order valence-corrected chi connectivity index (χ4v) is 9.06. The summed E-state index contributed by atoms with van der Waals surface area (Å²) in [7, 11) is 0. The van der Waals surface area contributed by atoms with Crippen molar-refractivity contribution < 1.29 is 8.83 Å². The van der Waals surface area contributed by atoms with E-state index in [2.05, 4.69) is 60.7 Å². The fraction of sp³-hybridized carbons (Fsp3) is 0. The van der Waals surface area contributed by atoms with Gasteiger partial charge in [-0.25, -0.2) is 24.9 Å². The van der Waals surface area contributed by atoms with Gasteiger partial charge in [-0.15, -0.1) is 11.3 Å². The zero-order valence-electron chi connectivity index (χ0n) is 30.0. The van der Waals surface area contributed by atoms with Crippen LogP contribution < -0.4 is 0 Å². The molecule has 0 saturated heterocycles. The molecule has 0 aliphatic rings. The van der Waals surface area contributed by atoms with Crippen LogP contribution in [-0.2, 0) is 0 Å². The molecule has 0 spiro atoms. The van der Waals surface area contributed by atoms with E-state index < -0.39 is 0 Å². The first-order valence-corrected chi connectivity index (χ1v) is 19.5. The predicted octanol–water partition coefficient (Wildman–Crippen LogP) is 13.2. The number of benzene rings is 7. The standard InChI is InChI=1S/C49H27N5O2S/c1-3-13-28(14-4-1)46-52-47(29-15-5-2-6-16-29)54-49(53-46)34-20-12-23-39-41(34)33-19-11-21-35(44(33)56-39)43-45-42(32-18-8-10-24-40(32)57-45)50-48(51-43)30-25-26-38-36(27-30)31-17-7-9-22-37(31)55-38/h1-27H. The summed E-state index contributed by atoms with van der Waals surface area (Å²) < 4.78 is 15.2. The van der Waals surface area contributed by atoms with Crippen molar-refractivity contribution in [1.29, 1.82) is 0 Å². The Morgan fingerprint density at radius 1 is 0.386 bits per heavy atom. The van der Waals surface area contributed by atoms with Crippen LogP contribution in [0.2, 0.25) is 0 Å². The average molecular weight is 750 g/mol. The van der Waals surface area contributed by atoms with Crippen molar-refractivity contribution in [3.8, 4) is 56.8 Å². The maximum atomic E-state index is 6.85. The van der Waals surface area contributed by atoms with E-state index in [1.165, 1.54) is 0 Å². The van der Waals surface area contributed by atoms with Gasteiger partial charge < -0.3 is 8.83 Å². The highest BCUT2D eigenvalue weighted by Crippen LogP contribution is 2.45. The van der Waals surface area contributed by atoms with E-state index in [-0.39, 0.29) is 0 Å². The minimum atomic E-state index is 0.569. The molecule has 0 aliphatic heterocycles. The van der Waals surface area contributed by atoms with Gasteiger partial charge in [0.15, 0.2) is 23.3 Å². The quantitative estimate of drug-likeness (QED) is 0.173. The fourth-order valence-electron chi connectivity index (χ4n) is 7.92. The summed E-state index contributed by atoms with van der Waals surface area (Å²) in [6, 6.07) is 55.1. The molecule has 266 valence electrons. The summed E-state index contributed by atoms with van der Waals surface area (Å²) in [5.41, 5.74) is 9.36. The molecule has 0 fully saturated rings. The number of para-hydroxylation sites is 2. The third-order valence-electron chi connectivity index (χ3n) is 10.6. The van der Waals surface area contributed by atoms with Gasteiger partial charge >= 0.3 is 0 Å². The zero-order valence-corrected chi connectivity index (χ0v) is 30.9. The molecule has 12 aromatic rings. The van der Waals surface area contributed by atoms with Crippen molar-refractivity contribution in [2.24, 2.45) is 0 Å². The number of nitrogens with zero attached hydrogens (tertiary/aromatic N) is 5. The highest BCUT2D eigenvalue weighted by molar-refractivity contribution is 7.26. The summed E-state index contributed by atoms with van der Waals surface area (Å²) in [5.74, 6) is 2.41. The molecule has 0 saturated carbocycles. The van der Waals surface area contributed by atoms with Crippen LogP contribution in [0, 0.1) is 0 Å². The molecule has 12 rings (SSSR count). The Balaban J connectivity index is 1.09. The van der Waals surface area contributed by atoms with Gasteiger partial charge in [0.05, 0.1) is 15.9 Å². The summed E-state index contributed by atoms with van der Waals surface area (Å²) in [5, 5.41) is 5.05.